The minimum Gasteiger partial charge on any atom is -0.494 e. The number of hydrogen-bond donors (Lipinski definition) is 2. The van der Waals surface area contributed by atoms with E-state index in [1.807, 2.05) is 12.1 Å². The second-order valence-electron chi connectivity index (χ2n) is 8.80. The van der Waals surface area contributed by atoms with Crippen LogP contribution in [0.1, 0.15) is 31.2 Å². The molecule has 202 valence electrons. The Morgan fingerprint density at radius 2 is 1.89 bits per heavy atom. The minimum absolute atomic E-state index is 0.132. The number of benzene rings is 2. The third kappa shape index (κ3) is 7.73. The number of piperidine rings is 1. The number of sulfonamides is 1. The molecule has 3 rings (SSSR count). The van der Waals surface area contributed by atoms with Crippen LogP contribution < -0.4 is 15.4 Å². The van der Waals surface area contributed by atoms with E-state index < -0.39 is 39.7 Å². The van der Waals surface area contributed by atoms with Crippen molar-refractivity contribution in [2.45, 2.75) is 49.1 Å². The summed E-state index contributed by atoms with van der Waals surface area (Å²) < 4.78 is 52.0. The fourth-order valence-electron chi connectivity index (χ4n) is 4.22. The average molecular weight is 536 g/mol. The van der Waals surface area contributed by atoms with Gasteiger partial charge >= 0.3 is 0 Å². The molecule has 37 heavy (non-hydrogen) atoms. The summed E-state index contributed by atoms with van der Waals surface area (Å²) in [4.78, 5) is 25.7. The average Bonchev–Trinajstić information content (AvgIpc) is 2.91. The Kier molecular flexibility index (Phi) is 10.4. The first-order valence-electron chi connectivity index (χ1n) is 12.3. The molecule has 1 fully saturated rings. The van der Waals surface area contributed by atoms with Crippen molar-refractivity contribution in [1.82, 2.24) is 14.9 Å². The van der Waals surface area contributed by atoms with Crippen LogP contribution in [0.4, 0.5) is 4.39 Å². The van der Waals surface area contributed by atoms with Crippen LogP contribution in [-0.4, -0.2) is 70.5 Å². The predicted molar refractivity (Wildman–Crippen MR) is 136 cm³/mol. The second kappa shape index (κ2) is 13.5. The molecular weight excluding hydrogens is 501 g/mol. The van der Waals surface area contributed by atoms with Crippen molar-refractivity contribution in [1.29, 1.82) is 0 Å². The van der Waals surface area contributed by atoms with Gasteiger partial charge in [-0.2, -0.15) is 4.31 Å². The smallest absolute Gasteiger partial charge is 0.243 e. The van der Waals surface area contributed by atoms with Crippen LogP contribution >= 0.6 is 0 Å². The normalized spacial score (nSPS) is 17.1. The molecule has 2 aromatic rings. The van der Waals surface area contributed by atoms with Gasteiger partial charge in [-0.05, 0) is 48.7 Å². The van der Waals surface area contributed by atoms with E-state index in [1.165, 1.54) is 19.2 Å². The molecule has 2 amide bonds. The first-order valence-corrected chi connectivity index (χ1v) is 13.7. The van der Waals surface area contributed by atoms with Crippen LogP contribution in [0.25, 0.3) is 0 Å². The van der Waals surface area contributed by atoms with Crippen LogP contribution in [0.5, 0.6) is 5.75 Å². The second-order valence-corrected chi connectivity index (χ2v) is 10.7. The summed E-state index contributed by atoms with van der Waals surface area (Å²) in [5.74, 6) is -0.957. The maximum atomic E-state index is 13.7. The number of carbonyl (C=O) groups excluding carboxylic acids is 2. The van der Waals surface area contributed by atoms with Crippen LogP contribution in [0.15, 0.2) is 53.4 Å². The highest BCUT2D eigenvalue weighted by Gasteiger charge is 2.39. The van der Waals surface area contributed by atoms with E-state index >= 15 is 0 Å². The highest BCUT2D eigenvalue weighted by atomic mass is 32.2. The van der Waals surface area contributed by atoms with E-state index in [0.717, 1.165) is 28.4 Å². The van der Waals surface area contributed by atoms with Crippen molar-refractivity contribution < 1.29 is 31.9 Å². The number of ether oxygens (including phenoxy) is 2. The van der Waals surface area contributed by atoms with E-state index in [4.69, 9.17) is 9.47 Å². The topological polar surface area (TPSA) is 114 Å². The van der Waals surface area contributed by atoms with Gasteiger partial charge in [-0.15, -0.1) is 0 Å². The third-order valence-corrected chi connectivity index (χ3v) is 8.07. The largest absolute Gasteiger partial charge is 0.494 e. The van der Waals surface area contributed by atoms with E-state index in [9.17, 15) is 22.4 Å². The summed E-state index contributed by atoms with van der Waals surface area (Å²) in [7, 11) is -1.00. The van der Waals surface area contributed by atoms with Gasteiger partial charge < -0.3 is 20.1 Å². The number of methoxy groups -OCH3 is 1. The van der Waals surface area contributed by atoms with E-state index in [1.54, 1.807) is 19.2 Å². The van der Waals surface area contributed by atoms with Gasteiger partial charge in [0.05, 0.1) is 11.5 Å². The zero-order valence-electron chi connectivity index (χ0n) is 21.1. The Morgan fingerprint density at radius 1 is 1.14 bits per heavy atom. The zero-order chi connectivity index (χ0) is 26.8. The van der Waals surface area contributed by atoms with Gasteiger partial charge in [0.2, 0.25) is 21.8 Å². The van der Waals surface area contributed by atoms with Crippen molar-refractivity contribution in [3.8, 4) is 5.75 Å². The standard InChI is InChI=1S/C26H34FN3O6S/c1-28-25(31)23(17-19-10-12-21(13-11-19)36-16-6-15-35-2)29-26(32)24-9-3-4-14-30(24)37(33,34)22-8-5-7-20(27)18-22/h5,7-8,10-13,18,23-24H,3-4,6,9,14-17H2,1-2H3,(H,28,31)(H,29,32)/t23-,24?/m0/s1. The molecule has 9 nitrogen and oxygen atoms in total. The lowest BCUT2D eigenvalue weighted by Gasteiger charge is -2.34. The summed E-state index contributed by atoms with van der Waals surface area (Å²) >= 11 is 0. The van der Waals surface area contributed by atoms with Crippen LogP contribution in [0.2, 0.25) is 0 Å². The molecule has 2 aromatic carbocycles. The van der Waals surface area contributed by atoms with Crippen LogP contribution in [0, 0.1) is 5.82 Å². The highest BCUT2D eigenvalue weighted by molar-refractivity contribution is 7.89. The number of hydrogen-bond acceptors (Lipinski definition) is 6. The highest BCUT2D eigenvalue weighted by Crippen LogP contribution is 2.26. The quantitative estimate of drug-likeness (QED) is 0.403. The van der Waals surface area contributed by atoms with Gasteiger partial charge in [-0.25, -0.2) is 12.8 Å². The monoisotopic (exact) mass is 535 g/mol. The maximum absolute atomic E-state index is 13.7. The molecule has 1 heterocycles. The van der Waals surface area contributed by atoms with Crippen molar-refractivity contribution in [2.24, 2.45) is 0 Å². The molecule has 1 unspecified atom stereocenters. The zero-order valence-corrected chi connectivity index (χ0v) is 21.9. The van der Waals surface area contributed by atoms with E-state index in [-0.39, 0.29) is 17.9 Å². The fourth-order valence-corrected chi connectivity index (χ4v) is 5.91. The van der Waals surface area contributed by atoms with E-state index in [2.05, 4.69) is 10.6 Å². The molecule has 11 heteroatoms. The summed E-state index contributed by atoms with van der Waals surface area (Å²) in [6, 6.07) is 10.0. The summed E-state index contributed by atoms with van der Waals surface area (Å²) in [6.07, 6.45) is 2.51. The molecule has 0 radical (unpaired) electrons. The van der Waals surface area contributed by atoms with Gasteiger partial charge in [0.1, 0.15) is 23.7 Å². The Morgan fingerprint density at radius 3 is 2.57 bits per heavy atom. The van der Waals surface area contributed by atoms with Gasteiger partial charge in [-0.3, -0.25) is 9.59 Å². The molecular formula is C26H34FN3O6S. The van der Waals surface area contributed by atoms with Crippen LogP contribution in [0.3, 0.4) is 0 Å². The molecule has 0 aliphatic carbocycles. The summed E-state index contributed by atoms with van der Waals surface area (Å²) in [5, 5.41) is 5.29. The van der Waals surface area contributed by atoms with Gasteiger partial charge in [0.15, 0.2) is 0 Å². The summed E-state index contributed by atoms with van der Waals surface area (Å²) in [6.45, 7) is 1.25. The third-order valence-electron chi connectivity index (χ3n) is 6.16. The Bertz CT molecular complexity index is 1160. The molecule has 2 atom stereocenters. The maximum Gasteiger partial charge on any atom is 0.243 e. The van der Waals surface area contributed by atoms with E-state index in [0.29, 0.717) is 38.2 Å². The molecule has 0 spiro atoms. The van der Waals surface area contributed by atoms with Crippen LogP contribution in [-0.2, 0) is 30.8 Å². The number of nitrogens with zero attached hydrogens (tertiary/aromatic N) is 1. The number of halogens is 1. The molecule has 0 bridgehead atoms. The molecule has 1 aliphatic rings. The Balaban J connectivity index is 1.71. The van der Waals surface area contributed by atoms with Gasteiger partial charge in [0.25, 0.3) is 0 Å². The van der Waals surface area contributed by atoms with Crippen molar-refractivity contribution in [3.05, 3.63) is 59.9 Å². The van der Waals surface area contributed by atoms with Crippen molar-refractivity contribution in [3.63, 3.8) is 0 Å². The first-order chi connectivity index (χ1) is 17.8. The molecule has 0 aromatic heterocycles. The van der Waals surface area contributed by atoms with Crippen molar-refractivity contribution >= 4 is 21.8 Å². The van der Waals surface area contributed by atoms with Gasteiger partial charge in [-0.1, -0.05) is 24.6 Å². The number of rotatable bonds is 12. The number of nitrogens with one attached hydrogen (secondary N) is 2. The number of amides is 2. The molecule has 1 saturated heterocycles. The molecule has 1 aliphatic heterocycles. The lowest BCUT2D eigenvalue weighted by molar-refractivity contribution is -0.131. The Labute approximate surface area is 217 Å². The molecule has 2 N–H and O–H groups in total. The van der Waals surface area contributed by atoms with Gasteiger partial charge in [0, 0.05) is 40.2 Å². The van der Waals surface area contributed by atoms with Crippen molar-refractivity contribution in [2.75, 3.05) is 33.9 Å². The lowest BCUT2D eigenvalue weighted by Crippen LogP contribution is -2.56. The molecule has 0 saturated carbocycles. The first kappa shape index (κ1) is 28.5. The SMILES string of the molecule is CNC(=O)[C@H](Cc1ccc(OCCCOC)cc1)NC(=O)C1CCCCN1S(=O)(=O)c1cccc(F)c1. The minimum atomic E-state index is -4.11. The number of likely N-dealkylation sites (N-methyl/N-ethyl adjacent to an activating group) is 1. The lowest BCUT2D eigenvalue weighted by atomic mass is 10.0. The Hall–Kier alpha value is -3.02. The number of carbonyl (C=O) groups is 2. The fraction of sp³-hybridized carbons (Fsp3) is 0.462. The summed E-state index contributed by atoms with van der Waals surface area (Å²) in [5.41, 5.74) is 0.797. The predicted octanol–water partition coefficient (Wildman–Crippen LogP) is 2.26.